The number of aryl methyl sites for hydroxylation is 1. The Bertz CT molecular complexity index is 3540. The van der Waals surface area contributed by atoms with Crippen molar-refractivity contribution in [3.8, 4) is 5.75 Å². The van der Waals surface area contributed by atoms with Crippen molar-refractivity contribution in [2.24, 2.45) is 71.0 Å². The number of Topliss-reactive ketones (excluding diaryl/α,β-unsaturated/α-hetero) is 2. The van der Waals surface area contributed by atoms with Gasteiger partial charge in [0.25, 0.3) is 0 Å². The summed E-state index contributed by atoms with van der Waals surface area (Å²) in [5.41, 5.74) is 1.81. The maximum atomic E-state index is 16.7. The van der Waals surface area contributed by atoms with Gasteiger partial charge in [0.05, 0.1) is 53.8 Å². The summed E-state index contributed by atoms with van der Waals surface area (Å²) in [4.78, 5) is 151. The second kappa shape index (κ2) is 83.8. The van der Waals surface area contributed by atoms with Crippen molar-refractivity contribution in [2.45, 2.75) is 557 Å². The summed E-state index contributed by atoms with van der Waals surface area (Å²) in [6.07, 6.45) is 77.1. The number of benzene rings is 2. The van der Waals surface area contributed by atoms with Gasteiger partial charge >= 0.3 is 29.8 Å². The maximum Gasteiger partial charge on any atom is 0.317 e. The number of amides is 3. The highest BCUT2D eigenvalue weighted by molar-refractivity contribution is 6.13. The standard InChI is InChI=1S/C124H212N2O15/c1-10-16-22-28-34-38-42-46-50-54-58-62-66-72-78-100(8)94-111(123(137)140-93-92-139-107-88-86-103(87-89-107)113(128)98-112(127)102-84-82-99(7)83-85-102)116(121(134)135)106(81-75-69-65-61-57-53-49-45-41-37-31-25-19-13-4)97-110-114(119(131)126(118(110)130)91-77-71-33-27-21-15-6)104(79-73-67-63-59-55-51-47-43-39-35-29-23-17-11-2)96-109(117(129)125-90-76-70-32-26-20-14-5)115(120(132)133)105(95-108-101(9)122(136)141-124(108)138)80-74-68-64-60-56-52-48-44-40-36-30-24-18-12-3/h82-89,100-101,104-106,108-111,114-116H,10-81,90-98H2,1-9H3,(H,125,129)(H,132,133)(H,134,135). The third-order valence-corrected chi connectivity index (χ3v) is 31.8. The molecule has 0 spiro atoms. The fourth-order valence-corrected chi connectivity index (χ4v) is 22.8. The number of carbonyl (C=O) groups is 10. The van der Waals surface area contributed by atoms with E-state index in [1.165, 1.54) is 223 Å². The number of nitrogens with one attached hydrogen (secondary N) is 1. The number of imide groups is 1. The van der Waals surface area contributed by atoms with Gasteiger partial charge in [0, 0.05) is 24.2 Å². The van der Waals surface area contributed by atoms with Crippen molar-refractivity contribution in [2.75, 3.05) is 26.3 Å². The van der Waals surface area contributed by atoms with Gasteiger partial charge < -0.3 is 29.7 Å². The first kappa shape index (κ1) is 127. The number of cyclic esters (lactones) is 2. The topological polar surface area (TPSA) is 254 Å². The molecule has 12 unspecified atom stereocenters. The summed E-state index contributed by atoms with van der Waals surface area (Å²) in [6, 6.07) is 13.7. The van der Waals surface area contributed by atoms with Gasteiger partial charge in [-0.1, -0.05) is 515 Å². The second-order valence-corrected chi connectivity index (χ2v) is 44.2. The minimum absolute atomic E-state index is 0.0194. The molecule has 2 aromatic carbocycles. The maximum absolute atomic E-state index is 16.7. The summed E-state index contributed by atoms with van der Waals surface area (Å²) >= 11 is 0. The summed E-state index contributed by atoms with van der Waals surface area (Å²) in [6.45, 7) is 19.3. The van der Waals surface area contributed by atoms with Crippen LogP contribution in [0.3, 0.4) is 0 Å². The summed E-state index contributed by atoms with van der Waals surface area (Å²) in [5, 5.41) is 28.1. The number of esters is 3. The van der Waals surface area contributed by atoms with Crippen LogP contribution in [-0.4, -0.2) is 101 Å². The van der Waals surface area contributed by atoms with Gasteiger partial charge in [0.15, 0.2) is 11.6 Å². The number of nitrogens with zero attached hydrogens (tertiary/aromatic N) is 1. The Morgan fingerprint density at radius 2 is 0.695 bits per heavy atom. The molecule has 0 aromatic heterocycles. The zero-order valence-corrected chi connectivity index (χ0v) is 92.0. The molecule has 808 valence electrons. The number of carboxylic acids is 2. The van der Waals surface area contributed by atoms with Crippen LogP contribution < -0.4 is 10.1 Å². The molecule has 12 atom stereocenters. The molecular weight excluding hydrogens is 1760 g/mol. The number of carbonyl (C=O) groups excluding carboxylic acids is 8. The number of likely N-dealkylation sites (tertiary alicyclic amines) is 1. The average Bonchev–Trinajstić information content (AvgIpc) is 1.62. The van der Waals surface area contributed by atoms with Crippen LogP contribution in [0.4, 0.5) is 0 Å². The van der Waals surface area contributed by atoms with Crippen LogP contribution in [0.5, 0.6) is 5.75 Å². The Morgan fingerprint density at radius 1 is 0.369 bits per heavy atom. The van der Waals surface area contributed by atoms with E-state index in [1.807, 2.05) is 19.1 Å². The zero-order chi connectivity index (χ0) is 102. The van der Waals surface area contributed by atoms with Crippen molar-refractivity contribution in [1.29, 1.82) is 0 Å². The number of unbranched alkanes of at least 4 members (excludes halogenated alkanes) is 62. The molecule has 3 N–H and O–H groups in total. The largest absolute Gasteiger partial charge is 0.490 e. The monoisotopic (exact) mass is 1970 g/mol. The number of rotatable bonds is 99. The Morgan fingerprint density at radius 3 is 1.06 bits per heavy atom. The average molecular weight is 1970 g/mol. The van der Waals surface area contributed by atoms with Crippen LogP contribution in [0.25, 0.3) is 0 Å². The van der Waals surface area contributed by atoms with E-state index in [9.17, 15) is 29.4 Å². The molecule has 3 amide bonds. The summed E-state index contributed by atoms with van der Waals surface area (Å²) in [7, 11) is 0. The van der Waals surface area contributed by atoms with Crippen molar-refractivity contribution in [3.63, 3.8) is 0 Å². The Balaban J connectivity index is 1.95. The minimum Gasteiger partial charge on any atom is -0.490 e. The van der Waals surface area contributed by atoms with E-state index in [2.05, 4.69) is 53.8 Å². The predicted octanol–water partition coefficient (Wildman–Crippen LogP) is 34.3. The lowest BCUT2D eigenvalue weighted by Crippen LogP contribution is -2.45. The quantitative estimate of drug-likeness (QED) is 0.0183. The fraction of sp³-hybridized carbons (Fsp3) is 0.823. The normalized spacial score (nSPS) is 16.7. The first-order valence-electron chi connectivity index (χ1n) is 60.0. The molecule has 0 radical (unpaired) electrons. The molecule has 2 heterocycles. The molecule has 0 aliphatic carbocycles. The molecule has 2 saturated heterocycles. The third-order valence-electron chi connectivity index (χ3n) is 31.8. The van der Waals surface area contributed by atoms with E-state index >= 15 is 28.8 Å². The molecule has 17 heteroatoms. The van der Waals surface area contributed by atoms with E-state index in [-0.39, 0.29) is 81.2 Å². The first-order valence-corrected chi connectivity index (χ1v) is 60.0. The Kier molecular flexibility index (Phi) is 75.5. The Labute approximate surface area is 861 Å². The highest BCUT2D eigenvalue weighted by Gasteiger charge is 2.55. The molecule has 17 nitrogen and oxygen atoms in total. The van der Waals surface area contributed by atoms with Crippen molar-refractivity contribution in [3.05, 3.63) is 65.2 Å². The Hall–Kier alpha value is -6.26. The number of ether oxygens (including phenoxy) is 3. The zero-order valence-electron chi connectivity index (χ0n) is 92.0. The number of hydrogen-bond donors (Lipinski definition) is 3. The second-order valence-electron chi connectivity index (χ2n) is 44.2. The van der Waals surface area contributed by atoms with Gasteiger partial charge in [-0.05, 0) is 113 Å². The van der Waals surface area contributed by atoms with E-state index in [0.717, 1.165) is 198 Å². The highest BCUT2D eigenvalue weighted by Crippen LogP contribution is 2.48. The predicted molar refractivity (Wildman–Crippen MR) is 582 cm³/mol. The minimum atomic E-state index is -1.37. The SMILES string of the molecule is CCCCCCCCCCCCCCCCC(C)CC(C(=O)OCCOc1ccc(C(=O)CC(=O)c2ccc(C)cc2)cc1)C(C(=O)O)C(CCCCCCCCCCCCCCCC)CC1C(=O)N(CCCCCCCC)C(=O)C1C(CCCCCCCCCCCCCCCC)CC(C(=O)NCCCCCCCC)C(C(=O)O)C(CCCCCCCCCCCCCCCC)CC1C(=O)OC(=O)C1C. The van der Waals surface area contributed by atoms with Gasteiger partial charge in [0.1, 0.15) is 19.0 Å². The van der Waals surface area contributed by atoms with Crippen LogP contribution >= 0.6 is 0 Å². The third kappa shape index (κ3) is 57.0. The fourth-order valence-electron chi connectivity index (χ4n) is 22.8. The lowest BCUT2D eigenvalue weighted by Gasteiger charge is -2.37. The molecule has 2 aromatic rings. The van der Waals surface area contributed by atoms with Crippen LogP contribution in [0.2, 0.25) is 0 Å². The molecule has 2 fully saturated rings. The molecule has 4 rings (SSSR count). The van der Waals surface area contributed by atoms with Gasteiger partial charge in [0.2, 0.25) is 17.7 Å². The summed E-state index contributed by atoms with van der Waals surface area (Å²) in [5.74, 6) is -17.2. The lowest BCUT2D eigenvalue weighted by molar-refractivity contribution is -0.162. The van der Waals surface area contributed by atoms with Crippen LogP contribution in [-0.2, 0) is 47.8 Å². The van der Waals surface area contributed by atoms with Crippen LogP contribution in [0.1, 0.15) is 576 Å². The van der Waals surface area contributed by atoms with Crippen molar-refractivity contribution < 1.29 is 72.4 Å². The molecular formula is C124H212N2O15. The van der Waals surface area contributed by atoms with E-state index in [1.54, 1.807) is 43.3 Å². The number of carboxylic acid groups (broad SMARTS) is 2. The number of ketones is 2. The molecule has 0 saturated carbocycles. The smallest absolute Gasteiger partial charge is 0.317 e. The van der Waals surface area contributed by atoms with Gasteiger partial charge in [-0.3, -0.25) is 52.8 Å². The highest BCUT2D eigenvalue weighted by atomic mass is 16.6. The van der Waals surface area contributed by atoms with E-state index < -0.39 is 101 Å². The molecule has 0 bridgehead atoms. The number of aliphatic carboxylic acids is 2. The van der Waals surface area contributed by atoms with Crippen LogP contribution in [0, 0.1) is 77.9 Å². The van der Waals surface area contributed by atoms with Crippen LogP contribution in [0.15, 0.2) is 48.5 Å². The molecule has 2 aliphatic rings. The number of hydrogen-bond acceptors (Lipinski definition) is 13. The van der Waals surface area contributed by atoms with Gasteiger partial charge in [-0.15, -0.1) is 0 Å². The van der Waals surface area contributed by atoms with Gasteiger partial charge in [-0.2, -0.15) is 0 Å². The van der Waals surface area contributed by atoms with Gasteiger partial charge in [-0.25, -0.2) is 0 Å². The van der Waals surface area contributed by atoms with E-state index in [4.69, 9.17) is 14.2 Å². The first-order chi connectivity index (χ1) is 68.7. The van der Waals surface area contributed by atoms with E-state index in [0.29, 0.717) is 74.8 Å². The molecule has 141 heavy (non-hydrogen) atoms. The lowest BCUT2D eigenvalue weighted by atomic mass is 9.66. The molecule has 2 aliphatic heterocycles. The van der Waals surface area contributed by atoms with Crippen molar-refractivity contribution in [1.82, 2.24) is 10.2 Å². The van der Waals surface area contributed by atoms with Crippen molar-refractivity contribution >= 4 is 59.1 Å². The summed E-state index contributed by atoms with van der Waals surface area (Å²) < 4.78 is 17.9.